The molecule has 1 atom stereocenters. The number of aromatic nitrogens is 1. The lowest BCUT2D eigenvalue weighted by Crippen LogP contribution is -2.13. The Morgan fingerprint density at radius 3 is 3.06 bits per heavy atom. The van der Waals surface area contributed by atoms with Crippen LogP contribution in [0.5, 0.6) is 0 Å². The van der Waals surface area contributed by atoms with Gasteiger partial charge in [0.05, 0.1) is 0 Å². The molecule has 1 aliphatic carbocycles. The van der Waals surface area contributed by atoms with Crippen LogP contribution in [0.25, 0.3) is 10.9 Å². The Kier molecular flexibility index (Phi) is 2.92. The Balaban J connectivity index is 1.89. The highest BCUT2D eigenvalue weighted by Gasteiger charge is 2.21. The van der Waals surface area contributed by atoms with Crippen LogP contribution in [0.4, 0.5) is 0 Å². The van der Waals surface area contributed by atoms with E-state index in [1.807, 2.05) is 0 Å². The number of hydrogen-bond donors (Lipinski definition) is 1. The third kappa shape index (κ3) is 1.99. The summed E-state index contributed by atoms with van der Waals surface area (Å²) in [6.45, 7) is 2.29. The monoisotopic (exact) mass is 227 g/mol. The van der Waals surface area contributed by atoms with Crippen LogP contribution in [0.2, 0.25) is 0 Å². The van der Waals surface area contributed by atoms with Crippen molar-refractivity contribution in [3.8, 4) is 0 Å². The molecule has 1 aromatic carbocycles. The molecule has 0 amide bonds. The average Bonchev–Trinajstić information content (AvgIpc) is 2.74. The van der Waals surface area contributed by atoms with E-state index in [1.54, 1.807) is 5.56 Å². The van der Waals surface area contributed by atoms with E-state index < -0.39 is 0 Å². The number of unbranched alkanes of at least 4 members (excludes halogenated alkanes) is 1. The van der Waals surface area contributed by atoms with E-state index in [-0.39, 0.29) is 0 Å². The fraction of sp³-hybridized carbons (Fsp3) is 0.500. The van der Waals surface area contributed by atoms with Crippen LogP contribution >= 0.6 is 0 Å². The Hall–Kier alpha value is -1.24. The van der Waals surface area contributed by atoms with Crippen LogP contribution in [-0.2, 0) is 12.8 Å². The van der Waals surface area contributed by atoms with Crippen molar-refractivity contribution in [3.05, 3.63) is 35.5 Å². The van der Waals surface area contributed by atoms with Crippen molar-refractivity contribution < 1.29 is 0 Å². The zero-order chi connectivity index (χ0) is 11.7. The van der Waals surface area contributed by atoms with Crippen LogP contribution in [0.15, 0.2) is 24.3 Å². The standard InChI is InChI=1S/C16H21N/c1-2-3-6-12-9-10-16-14(11-12)13-7-4-5-8-15(13)17-16/h4-5,7-8,12,17H,2-3,6,9-11H2,1H3. The van der Waals surface area contributed by atoms with Crippen LogP contribution in [0.1, 0.15) is 43.9 Å². The molecule has 1 nitrogen and oxygen atoms in total. The molecule has 2 aromatic rings. The van der Waals surface area contributed by atoms with Gasteiger partial charge in [0.2, 0.25) is 0 Å². The first kappa shape index (κ1) is 10.9. The highest BCUT2D eigenvalue weighted by atomic mass is 14.7. The second-order valence-corrected chi connectivity index (χ2v) is 5.38. The lowest BCUT2D eigenvalue weighted by atomic mass is 9.83. The van der Waals surface area contributed by atoms with Crippen LogP contribution in [0, 0.1) is 5.92 Å². The lowest BCUT2D eigenvalue weighted by molar-refractivity contribution is 0.412. The Morgan fingerprint density at radius 2 is 2.18 bits per heavy atom. The molecule has 0 aliphatic heterocycles. The summed E-state index contributed by atoms with van der Waals surface area (Å²) in [5.74, 6) is 0.918. The van der Waals surface area contributed by atoms with E-state index in [2.05, 4.69) is 36.2 Å². The van der Waals surface area contributed by atoms with Gasteiger partial charge in [0, 0.05) is 16.6 Å². The van der Waals surface area contributed by atoms with E-state index >= 15 is 0 Å². The van der Waals surface area contributed by atoms with Gasteiger partial charge in [-0.1, -0.05) is 44.4 Å². The summed E-state index contributed by atoms with van der Waals surface area (Å²) < 4.78 is 0. The van der Waals surface area contributed by atoms with Crippen molar-refractivity contribution in [2.24, 2.45) is 5.92 Å². The molecule has 0 bridgehead atoms. The van der Waals surface area contributed by atoms with Gasteiger partial charge >= 0.3 is 0 Å². The Morgan fingerprint density at radius 1 is 1.29 bits per heavy atom. The van der Waals surface area contributed by atoms with Gasteiger partial charge in [-0.15, -0.1) is 0 Å². The molecule has 1 N–H and O–H groups in total. The van der Waals surface area contributed by atoms with Crippen LogP contribution in [0.3, 0.4) is 0 Å². The summed E-state index contributed by atoms with van der Waals surface area (Å²) in [6, 6.07) is 8.76. The topological polar surface area (TPSA) is 15.8 Å². The zero-order valence-corrected chi connectivity index (χ0v) is 10.6. The highest BCUT2D eigenvalue weighted by molar-refractivity contribution is 5.84. The number of nitrogens with one attached hydrogen (secondary N) is 1. The van der Waals surface area contributed by atoms with Gasteiger partial charge in [-0.3, -0.25) is 0 Å². The lowest BCUT2D eigenvalue weighted by Gasteiger charge is -2.22. The number of benzene rings is 1. The highest BCUT2D eigenvalue weighted by Crippen LogP contribution is 2.33. The second-order valence-electron chi connectivity index (χ2n) is 5.38. The van der Waals surface area contributed by atoms with Gasteiger partial charge in [-0.25, -0.2) is 0 Å². The number of aromatic amines is 1. The minimum Gasteiger partial charge on any atom is -0.358 e. The van der Waals surface area contributed by atoms with Gasteiger partial charge in [-0.2, -0.15) is 0 Å². The summed E-state index contributed by atoms with van der Waals surface area (Å²) in [4.78, 5) is 3.59. The van der Waals surface area contributed by atoms with Gasteiger partial charge in [0.1, 0.15) is 0 Å². The molecular formula is C16H21N. The molecule has 0 fully saturated rings. The molecule has 17 heavy (non-hydrogen) atoms. The molecular weight excluding hydrogens is 206 g/mol. The van der Waals surface area contributed by atoms with Crippen molar-refractivity contribution in [1.29, 1.82) is 0 Å². The maximum Gasteiger partial charge on any atom is 0.0458 e. The summed E-state index contributed by atoms with van der Waals surface area (Å²) >= 11 is 0. The minimum atomic E-state index is 0.918. The molecule has 0 saturated carbocycles. The number of aryl methyl sites for hydroxylation is 1. The molecule has 90 valence electrons. The SMILES string of the molecule is CCCCC1CCc2[nH]c3ccccc3c2C1. The van der Waals surface area contributed by atoms with E-state index in [1.165, 1.54) is 55.1 Å². The van der Waals surface area contributed by atoms with E-state index in [4.69, 9.17) is 0 Å². The Bertz CT molecular complexity index is 509. The van der Waals surface area contributed by atoms with Gasteiger partial charge in [0.25, 0.3) is 0 Å². The fourth-order valence-corrected chi connectivity index (χ4v) is 3.18. The molecule has 1 heterocycles. The minimum absolute atomic E-state index is 0.918. The third-order valence-electron chi connectivity index (χ3n) is 4.16. The smallest absolute Gasteiger partial charge is 0.0458 e. The summed E-state index contributed by atoms with van der Waals surface area (Å²) in [6.07, 6.45) is 8.05. The van der Waals surface area contributed by atoms with Crippen molar-refractivity contribution in [1.82, 2.24) is 4.98 Å². The number of rotatable bonds is 3. The number of fused-ring (bicyclic) bond motifs is 3. The first-order valence-corrected chi connectivity index (χ1v) is 6.97. The largest absolute Gasteiger partial charge is 0.358 e. The van der Waals surface area contributed by atoms with E-state index in [0.29, 0.717) is 0 Å². The van der Waals surface area contributed by atoms with Gasteiger partial charge in [0.15, 0.2) is 0 Å². The summed E-state index contributed by atoms with van der Waals surface area (Å²) in [7, 11) is 0. The molecule has 1 heteroatoms. The molecule has 0 saturated heterocycles. The zero-order valence-electron chi connectivity index (χ0n) is 10.6. The normalized spacial score (nSPS) is 19.5. The predicted octanol–water partition coefficient (Wildman–Crippen LogP) is 4.46. The molecule has 1 aliphatic rings. The first-order chi connectivity index (χ1) is 8.38. The molecule has 0 spiro atoms. The average molecular weight is 227 g/mol. The van der Waals surface area contributed by atoms with Crippen LogP contribution < -0.4 is 0 Å². The summed E-state index contributed by atoms with van der Waals surface area (Å²) in [5, 5.41) is 1.46. The Labute approximate surface area is 103 Å². The van der Waals surface area contributed by atoms with Crippen molar-refractivity contribution in [2.75, 3.05) is 0 Å². The fourth-order valence-electron chi connectivity index (χ4n) is 3.18. The van der Waals surface area contributed by atoms with Crippen molar-refractivity contribution in [3.63, 3.8) is 0 Å². The van der Waals surface area contributed by atoms with Crippen molar-refractivity contribution in [2.45, 2.75) is 45.4 Å². The van der Waals surface area contributed by atoms with E-state index in [0.717, 1.165) is 5.92 Å². The molecule has 1 aromatic heterocycles. The van der Waals surface area contributed by atoms with Gasteiger partial charge < -0.3 is 4.98 Å². The van der Waals surface area contributed by atoms with Gasteiger partial charge in [-0.05, 0) is 36.8 Å². The molecule has 1 unspecified atom stereocenters. The quantitative estimate of drug-likeness (QED) is 0.796. The molecule has 0 radical (unpaired) electrons. The number of hydrogen-bond acceptors (Lipinski definition) is 0. The third-order valence-corrected chi connectivity index (χ3v) is 4.16. The first-order valence-electron chi connectivity index (χ1n) is 6.97. The maximum atomic E-state index is 3.59. The predicted molar refractivity (Wildman–Crippen MR) is 73.3 cm³/mol. The van der Waals surface area contributed by atoms with Crippen molar-refractivity contribution >= 4 is 10.9 Å². The number of para-hydroxylation sites is 1. The van der Waals surface area contributed by atoms with Crippen LogP contribution in [-0.4, -0.2) is 4.98 Å². The second kappa shape index (κ2) is 4.56. The molecule has 3 rings (SSSR count). The summed E-state index contributed by atoms with van der Waals surface area (Å²) in [5.41, 5.74) is 4.43. The number of H-pyrrole nitrogens is 1. The maximum absolute atomic E-state index is 3.59. The van der Waals surface area contributed by atoms with E-state index in [9.17, 15) is 0 Å².